The molecule has 1 unspecified atom stereocenters. The second-order valence-electron chi connectivity index (χ2n) is 4.65. The molecule has 102 valence electrons. The fourth-order valence-corrected chi connectivity index (χ4v) is 2.09. The van der Waals surface area contributed by atoms with Crippen molar-refractivity contribution in [2.24, 2.45) is 10.9 Å². The Hall–Kier alpha value is -2.33. The summed E-state index contributed by atoms with van der Waals surface area (Å²) in [5.41, 5.74) is 7.51. The molecule has 0 bridgehead atoms. The molecule has 2 N–H and O–H groups in total. The van der Waals surface area contributed by atoms with Gasteiger partial charge in [-0.2, -0.15) is 0 Å². The van der Waals surface area contributed by atoms with Gasteiger partial charge in [0.25, 0.3) is 0 Å². The molecule has 0 fully saturated rings. The van der Waals surface area contributed by atoms with E-state index in [1.54, 1.807) is 0 Å². The lowest BCUT2D eigenvalue weighted by Gasteiger charge is -2.07. The first kappa shape index (κ1) is 12.7. The van der Waals surface area contributed by atoms with Gasteiger partial charge in [0.2, 0.25) is 0 Å². The lowest BCUT2D eigenvalue weighted by molar-refractivity contribution is 0.0918. The van der Waals surface area contributed by atoms with Crippen LogP contribution in [-0.4, -0.2) is 18.4 Å². The Labute approximate surface area is 117 Å². The number of hydrogen-bond acceptors (Lipinski definition) is 4. The molecule has 0 spiro atoms. The minimum absolute atomic E-state index is 0.0105. The number of nitrogens with zero attached hydrogens (tertiary/aromatic N) is 1. The van der Waals surface area contributed by atoms with Gasteiger partial charge in [-0.1, -0.05) is 35.5 Å². The molecule has 2 aromatic carbocycles. The van der Waals surface area contributed by atoms with E-state index < -0.39 is 0 Å². The summed E-state index contributed by atoms with van der Waals surface area (Å²) >= 11 is 0. The molecule has 1 aliphatic rings. The molecule has 2 aromatic rings. The van der Waals surface area contributed by atoms with Gasteiger partial charge in [0.1, 0.15) is 17.6 Å². The number of ether oxygens (including phenoxy) is 1. The van der Waals surface area contributed by atoms with Gasteiger partial charge < -0.3 is 15.3 Å². The summed E-state index contributed by atoms with van der Waals surface area (Å²) in [4.78, 5) is 5.25. The molecule has 1 aliphatic heterocycles. The Morgan fingerprint density at radius 2 is 1.90 bits per heavy atom. The number of rotatable bonds is 4. The molecule has 0 saturated heterocycles. The minimum atomic E-state index is -0.0105. The zero-order valence-electron chi connectivity index (χ0n) is 11.0. The Balaban J connectivity index is 1.77. The van der Waals surface area contributed by atoms with Crippen molar-refractivity contribution < 1.29 is 9.57 Å². The van der Waals surface area contributed by atoms with E-state index in [2.05, 4.69) is 5.16 Å². The fourth-order valence-electron chi connectivity index (χ4n) is 2.09. The molecule has 0 amide bonds. The van der Waals surface area contributed by atoms with Crippen LogP contribution in [0.1, 0.15) is 12.0 Å². The van der Waals surface area contributed by atoms with Gasteiger partial charge in [-0.05, 0) is 24.3 Å². The molecule has 0 radical (unpaired) electrons. The van der Waals surface area contributed by atoms with Gasteiger partial charge >= 0.3 is 0 Å². The maximum atomic E-state index is 5.81. The van der Waals surface area contributed by atoms with Gasteiger partial charge in [0.15, 0.2) is 0 Å². The SMILES string of the molecule is NCC1CC(c2cccc(Oc3ccccc3)c2)=NO1. The van der Waals surface area contributed by atoms with Crippen molar-refractivity contribution in [1.29, 1.82) is 0 Å². The van der Waals surface area contributed by atoms with Crippen LogP contribution in [0, 0.1) is 0 Å². The van der Waals surface area contributed by atoms with Crippen LogP contribution in [0.3, 0.4) is 0 Å². The minimum Gasteiger partial charge on any atom is -0.457 e. The number of oxime groups is 1. The third-order valence-corrected chi connectivity index (χ3v) is 3.14. The van der Waals surface area contributed by atoms with Crippen LogP contribution in [0.15, 0.2) is 59.8 Å². The molecule has 0 aromatic heterocycles. The first-order chi connectivity index (χ1) is 9.85. The maximum absolute atomic E-state index is 5.81. The van der Waals surface area contributed by atoms with Crippen molar-refractivity contribution in [2.45, 2.75) is 12.5 Å². The average Bonchev–Trinajstić information content (AvgIpc) is 2.98. The highest BCUT2D eigenvalue weighted by atomic mass is 16.6. The van der Waals surface area contributed by atoms with Crippen molar-refractivity contribution in [2.75, 3.05) is 6.54 Å². The predicted molar refractivity (Wildman–Crippen MR) is 78.0 cm³/mol. The number of para-hydroxylation sites is 1. The van der Waals surface area contributed by atoms with Crippen LogP contribution in [-0.2, 0) is 4.84 Å². The zero-order valence-corrected chi connectivity index (χ0v) is 11.0. The van der Waals surface area contributed by atoms with E-state index >= 15 is 0 Å². The molecule has 0 saturated carbocycles. The van der Waals surface area contributed by atoms with Crippen LogP contribution < -0.4 is 10.5 Å². The number of hydrogen-bond donors (Lipinski definition) is 1. The molecular formula is C16H16N2O2. The largest absolute Gasteiger partial charge is 0.457 e. The van der Waals surface area contributed by atoms with E-state index in [4.69, 9.17) is 15.3 Å². The Bertz CT molecular complexity index is 611. The molecule has 4 heteroatoms. The second kappa shape index (κ2) is 5.75. The van der Waals surface area contributed by atoms with Crippen molar-refractivity contribution >= 4 is 5.71 Å². The van der Waals surface area contributed by atoms with Gasteiger partial charge in [0.05, 0.1) is 5.71 Å². The molecular weight excluding hydrogens is 252 g/mol. The van der Waals surface area contributed by atoms with Crippen LogP contribution >= 0.6 is 0 Å². The van der Waals surface area contributed by atoms with Gasteiger partial charge in [0, 0.05) is 18.5 Å². The molecule has 20 heavy (non-hydrogen) atoms. The summed E-state index contributed by atoms with van der Waals surface area (Å²) < 4.78 is 5.81. The van der Waals surface area contributed by atoms with E-state index in [0.717, 1.165) is 29.2 Å². The van der Waals surface area contributed by atoms with Crippen LogP contribution in [0.2, 0.25) is 0 Å². The summed E-state index contributed by atoms with van der Waals surface area (Å²) in [6.07, 6.45) is 0.731. The summed E-state index contributed by atoms with van der Waals surface area (Å²) in [5.74, 6) is 1.60. The standard InChI is InChI=1S/C16H16N2O2/c17-11-15-10-16(18-20-15)12-5-4-8-14(9-12)19-13-6-2-1-3-7-13/h1-9,15H,10-11,17H2. The van der Waals surface area contributed by atoms with Crippen molar-refractivity contribution in [3.05, 3.63) is 60.2 Å². The smallest absolute Gasteiger partial charge is 0.145 e. The van der Waals surface area contributed by atoms with E-state index in [9.17, 15) is 0 Å². The number of nitrogens with two attached hydrogens (primary N) is 1. The summed E-state index contributed by atoms with van der Waals surface area (Å²) in [7, 11) is 0. The normalized spacial score (nSPS) is 17.4. The molecule has 3 rings (SSSR count). The Morgan fingerprint density at radius 3 is 2.65 bits per heavy atom. The molecule has 0 aliphatic carbocycles. The third kappa shape index (κ3) is 2.81. The van der Waals surface area contributed by atoms with E-state index in [1.165, 1.54) is 0 Å². The highest BCUT2D eigenvalue weighted by Gasteiger charge is 2.20. The topological polar surface area (TPSA) is 56.8 Å². The van der Waals surface area contributed by atoms with E-state index in [1.807, 2.05) is 54.6 Å². The van der Waals surface area contributed by atoms with Gasteiger partial charge in [-0.25, -0.2) is 0 Å². The van der Waals surface area contributed by atoms with E-state index in [0.29, 0.717) is 6.54 Å². The molecule has 1 heterocycles. The van der Waals surface area contributed by atoms with Crippen LogP contribution in [0.5, 0.6) is 11.5 Å². The zero-order chi connectivity index (χ0) is 13.8. The third-order valence-electron chi connectivity index (χ3n) is 3.14. The lowest BCUT2D eigenvalue weighted by Crippen LogP contribution is -2.20. The quantitative estimate of drug-likeness (QED) is 0.927. The lowest BCUT2D eigenvalue weighted by atomic mass is 10.0. The Kier molecular flexibility index (Phi) is 3.65. The Morgan fingerprint density at radius 1 is 1.10 bits per heavy atom. The first-order valence-corrected chi connectivity index (χ1v) is 6.61. The summed E-state index contributed by atoms with van der Waals surface area (Å²) in [6, 6.07) is 17.5. The molecule has 4 nitrogen and oxygen atoms in total. The molecule has 1 atom stereocenters. The van der Waals surface area contributed by atoms with Gasteiger partial charge in [-0.3, -0.25) is 0 Å². The van der Waals surface area contributed by atoms with Crippen LogP contribution in [0.25, 0.3) is 0 Å². The summed E-state index contributed by atoms with van der Waals surface area (Å²) in [6.45, 7) is 0.479. The summed E-state index contributed by atoms with van der Waals surface area (Å²) in [5, 5.41) is 4.09. The van der Waals surface area contributed by atoms with Crippen molar-refractivity contribution in [1.82, 2.24) is 0 Å². The highest BCUT2D eigenvalue weighted by Crippen LogP contribution is 2.24. The maximum Gasteiger partial charge on any atom is 0.145 e. The van der Waals surface area contributed by atoms with Crippen molar-refractivity contribution in [3.8, 4) is 11.5 Å². The van der Waals surface area contributed by atoms with Crippen molar-refractivity contribution in [3.63, 3.8) is 0 Å². The number of benzene rings is 2. The highest BCUT2D eigenvalue weighted by molar-refractivity contribution is 6.01. The first-order valence-electron chi connectivity index (χ1n) is 6.61. The van der Waals surface area contributed by atoms with E-state index in [-0.39, 0.29) is 6.10 Å². The fraction of sp³-hybridized carbons (Fsp3) is 0.188. The second-order valence-corrected chi connectivity index (χ2v) is 4.65. The van der Waals surface area contributed by atoms with Crippen LogP contribution in [0.4, 0.5) is 0 Å². The average molecular weight is 268 g/mol. The predicted octanol–water partition coefficient (Wildman–Crippen LogP) is 2.93. The monoisotopic (exact) mass is 268 g/mol. The van der Waals surface area contributed by atoms with Gasteiger partial charge in [-0.15, -0.1) is 0 Å².